The molecule has 0 saturated heterocycles. The summed E-state index contributed by atoms with van der Waals surface area (Å²) in [6.07, 6.45) is 0. The van der Waals surface area contributed by atoms with Gasteiger partial charge in [-0.25, -0.2) is 10.5 Å². The van der Waals surface area contributed by atoms with E-state index in [-0.39, 0.29) is 5.39 Å². The Morgan fingerprint density at radius 1 is 0.692 bits per heavy atom. The zero-order valence-electron chi connectivity index (χ0n) is 12.8. The van der Waals surface area contributed by atoms with Crippen molar-refractivity contribution in [3.63, 3.8) is 0 Å². The molecule has 4 rings (SSSR count). The molecule has 134 valence electrons. The Kier molecular flexibility index (Phi) is 3.67. The van der Waals surface area contributed by atoms with E-state index < -0.39 is 30.0 Å². The maximum absolute atomic E-state index is 12.3. The van der Waals surface area contributed by atoms with Crippen LogP contribution >= 0.6 is 0 Å². The molecule has 26 heavy (non-hydrogen) atoms. The molecule has 0 saturated carbocycles. The van der Waals surface area contributed by atoms with Crippen LogP contribution in [-0.4, -0.2) is 27.4 Å². The summed E-state index contributed by atoms with van der Waals surface area (Å²) < 4.78 is 55.7. The Morgan fingerprint density at radius 2 is 1.27 bits per heavy atom. The lowest BCUT2D eigenvalue weighted by Gasteiger charge is -2.15. The Labute approximate surface area is 147 Å². The van der Waals surface area contributed by atoms with Crippen LogP contribution in [0.2, 0.25) is 0 Å². The third-order valence-corrected chi connectivity index (χ3v) is 6.60. The SMILES string of the molecule is O=S(=O)(OO)c1cc2ccc3cccc4ccc(c1S(=O)(=O)OO)c2c34. The zero-order chi connectivity index (χ0) is 18.7. The molecule has 10 heteroatoms. The van der Waals surface area contributed by atoms with Gasteiger partial charge in [-0.2, -0.15) is 16.8 Å². The van der Waals surface area contributed by atoms with E-state index in [0.717, 1.165) is 22.2 Å². The van der Waals surface area contributed by atoms with E-state index in [4.69, 9.17) is 10.5 Å². The standard InChI is InChI=1S/C16H10O8S2/c17-23-25(19,20)13-8-11-5-4-9-2-1-3-10-6-7-12(15(11)14(9)10)16(13)26(21,22)24-18/h1-8,17-18H. The maximum atomic E-state index is 12.3. The Balaban J connectivity index is 2.36. The van der Waals surface area contributed by atoms with Gasteiger partial charge in [0.05, 0.1) is 0 Å². The summed E-state index contributed by atoms with van der Waals surface area (Å²) in [7, 11) is -9.69. The molecule has 0 heterocycles. The molecular weight excluding hydrogens is 384 g/mol. The van der Waals surface area contributed by atoms with Crippen molar-refractivity contribution in [3.8, 4) is 0 Å². The molecule has 0 bridgehead atoms. The zero-order valence-corrected chi connectivity index (χ0v) is 14.4. The molecule has 8 nitrogen and oxygen atoms in total. The highest BCUT2D eigenvalue weighted by molar-refractivity contribution is 7.90. The second kappa shape index (κ2) is 5.58. The molecule has 2 N–H and O–H groups in total. The second-order valence-corrected chi connectivity index (χ2v) is 8.58. The van der Waals surface area contributed by atoms with Crippen molar-refractivity contribution in [1.82, 2.24) is 0 Å². The third-order valence-electron chi connectivity index (χ3n) is 4.28. The van der Waals surface area contributed by atoms with Gasteiger partial charge in [-0.15, -0.1) is 8.67 Å². The fourth-order valence-corrected chi connectivity index (χ4v) is 5.40. The van der Waals surface area contributed by atoms with Gasteiger partial charge in [0.2, 0.25) is 0 Å². The minimum atomic E-state index is -4.86. The van der Waals surface area contributed by atoms with Crippen molar-refractivity contribution in [3.05, 3.63) is 48.5 Å². The van der Waals surface area contributed by atoms with Crippen LogP contribution in [0.1, 0.15) is 0 Å². The summed E-state index contributed by atoms with van der Waals surface area (Å²) in [6.45, 7) is 0. The Bertz CT molecular complexity index is 1360. The summed E-state index contributed by atoms with van der Waals surface area (Å²) >= 11 is 0. The summed E-state index contributed by atoms with van der Waals surface area (Å²) in [6, 6.07) is 13.0. The third kappa shape index (κ3) is 2.28. The van der Waals surface area contributed by atoms with E-state index >= 15 is 0 Å². The summed E-state index contributed by atoms with van der Waals surface area (Å²) in [5, 5.41) is 20.8. The van der Waals surface area contributed by atoms with Crippen LogP contribution in [0.15, 0.2) is 58.3 Å². The first-order valence-corrected chi connectivity index (χ1v) is 9.98. The molecule has 0 aliphatic carbocycles. The first-order valence-electron chi connectivity index (χ1n) is 7.17. The van der Waals surface area contributed by atoms with Crippen LogP contribution in [0, 0.1) is 0 Å². The number of benzene rings is 4. The maximum Gasteiger partial charge on any atom is 0.325 e. The topological polar surface area (TPSA) is 127 Å². The Hall–Kier alpha value is -2.34. The normalized spacial score (nSPS) is 13.2. The highest BCUT2D eigenvalue weighted by Gasteiger charge is 2.32. The minimum Gasteiger partial charge on any atom is -0.235 e. The van der Waals surface area contributed by atoms with Crippen molar-refractivity contribution in [2.75, 3.05) is 0 Å². The van der Waals surface area contributed by atoms with E-state index in [0.29, 0.717) is 10.8 Å². The number of hydrogen-bond donors (Lipinski definition) is 2. The second-order valence-electron chi connectivity index (χ2n) is 5.62. The van der Waals surface area contributed by atoms with Gasteiger partial charge in [0.15, 0.2) is 0 Å². The monoisotopic (exact) mass is 394 g/mol. The molecule has 0 amide bonds. The van der Waals surface area contributed by atoms with Gasteiger partial charge in [-0.1, -0.05) is 42.5 Å². The summed E-state index contributed by atoms with van der Waals surface area (Å²) in [5.41, 5.74) is 0. The van der Waals surface area contributed by atoms with Gasteiger partial charge in [-0.3, -0.25) is 0 Å². The van der Waals surface area contributed by atoms with Gasteiger partial charge in [0.25, 0.3) is 0 Å². The smallest absolute Gasteiger partial charge is 0.235 e. The summed E-state index contributed by atoms with van der Waals surface area (Å²) in [5.74, 6) is 0. The van der Waals surface area contributed by atoms with Crippen LogP contribution in [0.3, 0.4) is 0 Å². The highest BCUT2D eigenvalue weighted by Crippen LogP contribution is 2.40. The fraction of sp³-hybridized carbons (Fsp3) is 0. The predicted octanol–water partition coefficient (Wildman–Crippen LogP) is 2.94. The van der Waals surface area contributed by atoms with Gasteiger partial charge in [0, 0.05) is 5.39 Å². The molecule has 0 spiro atoms. The molecular formula is C16H10O8S2. The Morgan fingerprint density at radius 3 is 1.88 bits per heavy atom. The van der Waals surface area contributed by atoms with E-state index in [1.807, 2.05) is 18.2 Å². The van der Waals surface area contributed by atoms with Crippen molar-refractivity contribution in [2.24, 2.45) is 0 Å². The van der Waals surface area contributed by atoms with Crippen molar-refractivity contribution in [1.29, 1.82) is 0 Å². The first kappa shape index (κ1) is 17.1. The lowest BCUT2D eigenvalue weighted by molar-refractivity contribution is -0.132. The van der Waals surface area contributed by atoms with Gasteiger partial charge in [0.1, 0.15) is 9.79 Å². The number of rotatable bonds is 4. The number of hydrogen-bond acceptors (Lipinski definition) is 8. The van der Waals surface area contributed by atoms with Crippen molar-refractivity contribution >= 4 is 52.6 Å². The van der Waals surface area contributed by atoms with E-state index in [9.17, 15) is 16.8 Å². The molecule has 0 aliphatic heterocycles. The largest absolute Gasteiger partial charge is 0.325 e. The fourth-order valence-electron chi connectivity index (χ4n) is 3.28. The van der Waals surface area contributed by atoms with E-state index in [1.54, 1.807) is 18.2 Å². The molecule has 0 radical (unpaired) electrons. The van der Waals surface area contributed by atoms with Crippen LogP contribution < -0.4 is 0 Å². The molecule has 0 aliphatic rings. The molecule has 0 aromatic heterocycles. The summed E-state index contributed by atoms with van der Waals surface area (Å²) in [4.78, 5) is -1.67. The van der Waals surface area contributed by atoms with E-state index in [1.165, 1.54) is 6.07 Å². The van der Waals surface area contributed by atoms with Crippen LogP contribution in [0.4, 0.5) is 0 Å². The van der Waals surface area contributed by atoms with Gasteiger partial charge >= 0.3 is 20.2 Å². The molecule has 4 aromatic carbocycles. The lowest BCUT2D eigenvalue weighted by atomic mass is 9.94. The minimum absolute atomic E-state index is 0.0106. The predicted molar refractivity (Wildman–Crippen MR) is 91.9 cm³/mol. The van der Waals surface area contributed by atoms with Gasteiger partial charge in [-0.05, 0) is 33.0 Å². The average Bonchev–Trinajstić information content (AvgIpc) is 2.65. The van der Waals surface area contributed by atoms with Crippen molar-refractivity contribution in [2.45, 2.75) is 9.79 Å². The van der Waals surface area contributed by atoms with Crippen molar-refractivity contribution < 1.29 is 36.0 Å². The molecule has 0 atom stereocenters. The van der Waals surface area contributed by atoms with Crippen LogP contribution in [0.25, 0.3) is 32.3 Å². The average molecular weight is 394 g/mol. The van der Waals surface area contributed by atoms with E-state index in [2.05, 4.69) is 8.67 Å². The highest BCUT2D eigenvalue weighted by atomic mass is 32.2. The lowest BCUT2D eigenvalue weighted by Crippen LogP contribution is -2.13. The molecule has 0 fully saturated rings. The molecule has 0 unspecified atom stereocenters. The first-order chi connectivity index (χ1) is 12.3. The van der Waals surface area contributed by atoms with Gasteiger partial charge < -0.3 is 0 Å². The van der Waals surface area contributed by atoms with Crippen LogP contribution in [-0.2, 0) is 28.9 Å². The van der Waals surface area contributed by atoms with Crippen LogP contribution in [0.5, 0.6) is 0 Å². The molecule has 4 aromatic rings. The quantitative estimate of drug-likeness (QED) is 0.307.